The van der Waals surface area contributed by atoms with E-state index in [0.717, 1.165) is 0 Å². The summed E-state index contributed by atoms with van der Waals surface area (Å²) < 4.78 is 49.1. The molecule has 4 atom stereocenters. The summed E-state index contributed by atoms with van der Waals surface area (Å²) in [5, 5.41) is 9.40. The van der Waals surface area contributed by atoms with E-state index in [-0.39, 0.29) is 0 Å². The van der Waals surface area contributed by atoms with Crippen molar-refractivity contribution in [2.75, 3.05) is 13.7 Å². The van der Waals surface area contributed by atoms with Gasteiger partial charge in [-0.05, 0) is 13.8 Å². The molecule has 0 amide bonds. The minimum atomic E-state index is -5.55. The molecule has 0 aliphatic rings. The first kappa shape index (κ1) is 21.3. The van der Waals surface area contributed by atoms with Gasteiger partial charge in [0.2, 0.25) is 0 Å². The first-order valence-corrected chi connectivity index (χ1v) is 9.66. The molecule has 128 valence electrons. The lowest BCUT2D eigenvalue weighted by molar-refractivity contribution is -0.108. The highest BCUT2D eigenvalue weighted by molar-refractivity contribution is 7.66. The molecule has 0 spiro atoms. The van der Waals surface area contributed by atoms with E-state index in [4.69, 9.17) is 19.4 Å². The zero-order chi connectivity index (χ0) is 17.1. The minimum absolute atomic E-state index is 0.731. The monoisotopic (exact) mass is 374 g/mol. The van der Waals surface area contributed by atoms with Crippen molar-refractivity contribution < 1.29 is 56.3 Å². The van der Waals surface area contributed by atoms with E-state index < -0.39 is 41.8 Å². The maximum absolute atomic E-state index is 11.4. The third-order valence-electron chi connectivity index (χ3n) is 2.28. The van der Waals surface area contributed by atoms with Crippen LogP contribution in [0.2, 0.25) is 0 Å². The summed E-state index contributed by atoms with van der Waals surface area (Å²) in [6.07, 6.45) is -1.14. The molecule has 15 heteroatoms. The van der Waals surface area contributed by atoms with Crippen LogP contribution in [-0.2, 0) is 31.6 Å². The fourth-order valence-electron chi connectivity index (χ4n) is 0.863. The maximum Gasteiger partial charge on any atom is 0.490 e. The van der Waals surface area contributed by atoms with Gasteiger partial charge in [0.1, 0.15) is 5.60 Å². The molecule has 0 aliphatic heterocycles. The lowest BCUT2D eigenvalue weighted by atomic mass is 10.0. The van der Waals surface area contributed by atoms with E-state index in [1.807, 2.05) is 0 Å². The van der Waals surface area contributed by atoms with Crippen molar-refractivity contribution >= 4 is 23.5 Å². The first-order chi connectivity index (χ1) is 9.13. The van der Waals surface area contributed by atoms with E-state index in [1.165, 1.54) is 21.0 Å². The Morgan fingerprint density at radius 1 is 1.05 bits per heavy atom. The third kappa shape index (κ3) is 8.51. The van der Waals surface area contributed by atoms with Gasteiger partial charge in [-0.15, -0.1) is 0 Å². The largest absolute Gasteiger partial charge is 0.490 e. The Bertz CT molecular complexity index is 483. The molecule has 0 aromatic rings. The van der Waals surface area contributed by atoms with Crippen LogP contribution in [0.1, 0.15) is 13.8 Å². The second-order valence-electron chi connectivity index (χ2n) is 4.06. The molecule has 0 aliphatic carbocycles. The van der Waals surface area contributed by atoms with Crippen LogP contribution in [0.25, 0.3) is 0 Å². The SMILES string of the molecule is CO[C@](C)(COP(=O)(O)OP(=O)(O)OP(=O)(O)O)[C@H](C)O. The number of rotatable bonds is 9. The van der Waals surface area contributed by atoms with Crippen LogP contribution in [0, 0.1) is 0 Å². The Hall–Kier alpha value is 0.330. The predicted octanol–water partition coefficient (Wildman–Crippen LogP) is 0.116. The van der Waals surface area contributed by atoms with E-state index in [0.29, 0.717) is 0 Å². The van der Waals surface area contributed by atoms with Crippen LogP contribution < -0.4 is 0 Å². The van der Waals surface area contributed by atoms with Gasteiger partial charge in [-0.3, -0.25) is 4.52 Å². The number of methoxy groups -OCH3 is 1. The average Bonchev–Trinajstić information content (AvgIpc) is 2.20. The molecule has 0 radical (unpaired) electrons. The molecule has 0 fully saturated rings. The zero-order valence-corrected chi connectivity index (χ0v) is 13.9. The molecule has 0 saturated carbocycles. The quantitative estimate of drug-likeness (QED) is 0.343. The van der Waals surface area contributed by atoms with Gasteiger partial charge in [0, 0.05) is 7.11 Å². The van der Waals surface area contributed by atoms with Crippen LogP contribution in [0.5, 0.6) is 0 Å². The fourth-order valence-corrected chi connectivity index (χ4v) is 3.98. The topological polar surface area (TPSA) is 189 Å². The van der Waals surface area contributed by atoms with Gasteiger partial charge in [0.05, 0.1) is 12.7 Å². The highest BCUT2D eigenvalue weighted by atomic mass is 31.3. The Morgan fingerprint density at radius 2 is 1.52 bits per heavy atom. The molecular formula is C6H17O12P3. The second kappa shape index (κ2) is 7.27. The highest BCUT2D eigenvalue weighted by Crippen LogP contribution is 2.66. The van der Waals surface area contributed by atoms with Crippen LogP contribution in [-0.4, -0.2) is 50.1 Å². The van der Waals surface area contributed by atoms with Gasteiger partial charge in [-0.25, -0.2) is 13.7 Å². The van der Waals surface area contributed by atoms with Gasteiger partial charge in [0.15, 0.2) is 0 Å². The Kier molecular flexibility index (Phi) is 7.38. The van der Waals surface area contributed by atoms with Crippen LogP contribution in [0.15, 0.2) is 0 Å². The first-order valence-electron chi connectivity index (χ1n) is 5.14. The number of ether oxygens (including phenoxy) is 1. The summed E-state index contributed by atoms with van der Waals surface area (Å²) in [5.41, 5.74) is -1.44. The highest BCUT2D eigenvalue weighted by Gasteiger charge is 2.42. The number of phosphoric ester groups is 1. The van der Waals surface area contributed by atoms with E-state index in [9.17, 15) is 23.7 Å². The van der Waals surface area contributed by atoms with Crippen molar-refractivity contribution in [1.29, 1.82) is 0 Å². The van der Waals surface area contributed by atoms with Crippen LogP contribution in [0.3, 0.4) is 0 Å². The fraction of sp³-hybridized carbons (Fsp3) is 1.00. The Balaban J connectivity index is 4.83. The van der Waals surface area contributed by atoms with E-state index in [2.05, 4.69) is 13.1 Å². The van der Waals surface area contributed by atoms with Gasteiger partial charge < -0.3 is 29.4 Å². The van der Waals surface area contributed by atoms with Crippen molar-refractivity contribution in [2.45, 2.75) is 25.6 Å². The summed E-state index contributed by atoms with van der Waals surface area (Å²) in [6.45, 7) is 1.87. The molecule has 21 heavy (non-hydrogen) atoms. The third-order valence-corrected chi connectivity index (χ3v) is 6.06. The molecule has 0 aromatic heterocycles. The van der Waals surface area contributed by atoms with Crippen molar-refractivity contribution in [3.63, 3.8) is 0 Å². The Labute approximate surface area is 120 Å². The number of hydrogen-bond donors (Lipinski definition) is 5. The molecular weight excluding hydrogens is 357 g/mol. The van der Waals surface area contributed by atoms with Gasteiger partial charge in [0.25, 0.3) is 0 Å². The predicted molar refractivity (Wildman–Crippen MR) is 66.9 cm³/mol. The number of aliphatic hydroxyl groups is 1. The van der Waals surface area contributed by atoms with Crippen molar-refractivity contribution in [2.24, 2.45) is 0 Å². The maximum atomic E-state index is 11.4. The molecule has 12 nitrogen and oxygen atoms in total. The smallest absolute Gasteiger partial charge is 0.390 e. The minimum Gasteiger partial charge on any atom is -0.390 e. The normalized spacial score (nSPS) is 22.9. The van der Waals surface area contributed by atoms with Gasteiger partial charge in [-0.2, -0.15) is 8.62 Å². The lowest BCUT2D eigenvalue weighted by Crippen LogP contribution is -2.43. The number of aliphatic hydroxyl groups excluding tert-OH is 1. The number of hydrogen-bond acceptors (Lipinski definition) is 8. The second-order valence-corrected chi connectivity index (χ2v) is 8.48. The summed E-state index contributed by atoms with van der Waals surface area (Å²) in [7, 11) is -15.0. The Morgan fingerprint density at radius 3 is 1.86 bits per heavy atom. The molecule has 0 aromatic carbocycles. The molecule has 0 bridgehead atoms. The van der Waals surface area contributed by atoms with Crippen molar-refractivity contribution in [3.8, 4) is 0 Å². The molecule has 2 unspecified atom stereocenters. The van der Waals surface area contributed by atoms with Crippen molar-refractivity contribution in [3.05, 3.63) is 0 Å². The summed E-state index contributed by atoms with van der Waals surface area (Å²) in [4.78, 5) is 34.8. The molecule has 0 heterocycles. The molecule has 0 saturated heterocycles. The standard InChI is InChI=1S/C6H17O12P3/c1-5(7)6(2,15-3)4-16-20(11,12)18-21(13,14)17-19(8,9)10/h5,7H,4H2,1-3H3,(H,11,12)(H,13,14)(H2,8,9,10)/t5-,6+/m0/s1. The molecule has 0 rings (SSSR count). The van der Waals surface area contributed by atoms with Crippen molar-refractivity contribution in [1.82, 2.24) is 0 Å². The summed E-state index contributed by atoms with van der Waals surface area (Å²) in [5.74, 6) is 0. The van der Waals surface area contributed by atoms with E-state index in [1.54, 1.807) is 0 Å². The van der Waals surface area contributed by atoms with E-state index >= 15 is 0 Å². The zero-order valence-electron chi connectivity index (χ0n) is 11.2. The molecule has 5 N–H and O–H groups in total. The summed E-state index contributed by atoms with van der Waals surface area (Å²) in [6, 6.07) is 0. The van der Waals surface area contributed by atoms with Gasteiger partial charge >= 0.3 is 23.5 Å². The average molecular weight is 374 g/mol. The number of phosphoric acid groups is 3. The van der Waals surface area contributed by atoms with Crippen LogP contribution in [0.4, 0.5) is 0 Å². The van der Waals surface area contributed by atoms with Crippen LogP contribution >= 0.6 is 23.5 Å². The lowest BCUT2D eigenvalue weighted by Gasteiger charge is -2.31. The summed E-state index contributed by atoms with van der Waals surface area (Å²) >= 11 is 0. The van der Waals surface area contributed by atoms with Gasteiger partial charge in [-0.1, -0.05) is 0 Å².